The van der Waals surface area contributed by atoms with Crippen molar-refractivity contribution in [3.63, 3.8) is 0 Å². The molecule has 0 heterocycles. The molecule has 132 valence electrons. The fourth-order valence-electron chi connectivity index (χ4n) is 4.53. The van der Waals surface area contributed by atoms with Crippen LogP contribution in [0.2, 0.25) is 0 Å². The van der Waals surface area contributed by atoms with Crippen molar-refractivity contribution < 1.29 is 4.79 Å². The molecule has 1 saturated carbocycles. The molecule has 0 aliphatic heterocycles. The maximum Gasteiger partial charge on any atom is 0.232 e. The van der Waals surface area contributed by atoms with Gasteiger partial charge in [0.1, 0.15) is 0 Å². The third-order valence-electron chi connectivity index (χ3n) is 5.26. The Bertz CT molecular complexity index is 653. The van der Waals surface area contributed by atoms with E-state index in [0.717, 1.165) is 24.0 Å². The molecule has 2 aromatic rings. The van der Waals surface area contributed by atoms with E-state index in [1.165, 1.54) is 6.42 Å². The van der Waals surface area contributed by atoms with Crippen molar-refractivity contribution in [2.45, 2.75) is 52.0 Å². The van der Waals surface area contributed by atoms with Gasteiger partial charge in [-0.15, -0.1) is 0 Å². The number of carbonyl (C=O) groups excluding carboxylic acids is 1. The van der Waals surface area contributed by atoms with E-state index in [-0.39, 0.29) is 17.9 Å². The lowest BCUT2D eigenvalue weighted by atomic mass is 9.70. The maximum absolute atomic E-state index is 13.2. The quantitative estimate of drug-likeness (QED) is 0.822. The predicted molar refractivity (Wildman–Crippen MR) is 103 cm³/mol. The summed E-state index contributed by atoms with van der Waals surface area (Å²) in [6.45, 7) is 6.92. The molecule has 1 fully saturated rings. The molecule has 1 aliphatic rings. The van der Waals surface area contributed by atoms with E-state index in [4.69, 9.17) is 0 Å². The Morgan fingerprint density at radius 2 is 1.48 bits per heavy atom. The topological polar surface area (TPSA) is 29.1 Å². The highest BCUT2D eigenvalue weighted by Gasteiger charge is 2.34. The number of carbonyl (C=O) groups is 1. The van der Waals surface area contributed by atoms with E-state index < -0.39 is 0 Å². The first-order chi connectivity index (χ1) is 11.9. The van der Waals surface area contributed by atoms with Gasteiger partial charge >= 0.3 is 0 Å². The second-order valence-electron chi connectivity index (χ2n) is 8.37. The summed E-state index contributed by atoms with van der Waals surface area (Å²) in [5, 5.41) is 3.36. The minimum Gasteiger partial charge on any atom is -0.353 e. The average Bonchev–Trinajstić information content (AvgIpc) is 2.55. The van der Waals surface area contributed by atoms with Gasteiger partial charge in [0.15, 0.2) is 0 Å². The first-order valence-corrected chi connectivity index (χ1v) is 9.35. The standard InChI is InChI=1S/C23H29NO/c1-17-14-20(16-23(2,3)15-17)24-22(25)21(18-10-6-4-7-11-18)19-12-8-5-9-13-19/h4-13,17,20-21H,14-16H2,1-3H3,(H,24,25)/t17-,20-/m1/s1. The number of hydrogen-bond donors (Lipinski definition) is 1. The minimum atomic E-state index is -0.247. The Labute approximate surface area is 151 Å². The van der Waals surface area contributed by atoms with Crippen LogP contribution in [0.3, 0.4) is 0 Å². The number of amides is 1. The largest absolute Gasteiger partial charge is 0.353 e. The monoisotopic (exact) mass is 335 g/mol. The molecule has 1 N–H and O–H groups in total. The Hall–Kier alpha value is -2.09. The Kier molecular flexibility index (Phi) is 5.27. The van der Waals surface area contributed by atoms with Crippen LogP contribution in [-0.4, -0.2) is 11.9 Å². The van der Waals surface area contributed by atoms with Crippen LogP contribution in [0.4, 0.5) is 0 Å². The molecule has 0 saturated heterocycles. The molecule has 2 atom stereocenters. The molecule has 2 aromatic carbocycles. The molecular weight excluding hydrogens is 306 g/mol. The summed E-state index contributed by atoms with van der Waals surface area (Å²) in [4.78, 5) is 13.2. The fourth-order valence-corrected chi connectivity index (χ4v) is 4.53. The van der Waals surface area contributed by atoms with E-state index >= 15 is 0 Å². The van der Waals surface area contributed by atoms with Gasteiger partial charge in [-0.2, -0.15) is 0 Å². The maximum atomic E-state index is 13.2. The van der Waals surface area contributed by atoms with Crippen LogP contribution in [0.5, 0.6) is 0 Å². The SMILES string of the molecule is C[C@@H]1C[C@@H](NC(=O)C(c2ccccc2)c2ccccc2)CC(C)(C)C1. The highest BCUT2D eigenvalue weighted by molar-refractivity contribution is 5.87. The summed E-state index contributed by atoms with van der Waals surface area (Å²) in [6, 6.07) is 20.5. The predicted octanol–water partition coefficient (Wildman–Crippen LogP) is 5.15. The molecule has 0 spiro atoms. The molecule has 0 radical (unpaired) electrons. The van der Waals surface area contributed by atoms with Crippen LogP contribution in [-0.2, 0) is 4.79 Å². The molecule has 25 heavy (non-hydrogen) atoms. The van der Waals surface area contributed by atoms with Crippen LogP contribution in [0.15, 0.2) is 60.7 Å². The second-order valence-corrected chi connectivity index (χ2v) is 8.37. The molecule has 0 bridgehead atoms. The highest BCUT2D eigenvalue weighted by atomic mass is 16.1. The van der Waals surface area contributed by atoms with Gasteiger partial charge in [0.2, 0.25) is 5.91 Å². The number of nitrogens with one attached hydrogen (secondary N) is 1. The van der Waals surface area contributed by atoms with Crippen molar-refractivity contribution in [3.05, 3.63) is 71.8 Å². The number of hydrogen-bond acceptors (Lipinski definition) is 1. The van der Waals surface area contributed by atoms with Crippen molar-refractivity contribution in [2.24, 2.45) is 11.3 Å². The van der Waals surface area contributed by atoms with Crippen LogP contribution in [0.25, 0.3) is 0 Å². The summed E-state index contributed by atoms with van der Waals surface area (Å²) in [7, 11) is 0. The van der Waals surface area contributed by atoms with Gasteiger partial charge in [-0.3, -0.25) is 4.79 Å². The van der Waals surface area contributed by atoms with E-state index in [9.17, 15) is 4.79 Å². The lowest BCUT2D eigenvalue weighted by Crippen LogP contribution is -2.44. The third kappa shape index (κ3) is 4.50. The number of benzene rings is 2. The summed E-state index contributed by atoms with van der Waals surface area (Å²) in [5.41, 5.74) is 2.40. The van der Waals surface area contributed by atoms with Gasteiger partial charge in [0, 0.05) is 6.04 Å². The van der Waals surface area contributed by atoms with Gasteiger partial charge in [0.25, 0.3) is 0 Å². The van der Waals surface area contributed by atoms with Crippen molar-refractivity contribution in [3.8, 4) is 0 Å². The van der Waals surface area contributed by atoms with Crippen LogP contribution in [0, 0.1) is 11.3 Å². The second kappa shape index (κ2) is 7.43. The Morgan fingerprint density at radius 1 is 0.960 bits per heavy atom. The smallest absolute Gasteiger partial charge is 0.232 e. The normalized spacial score (nSPS) is 22.6. The highest BCUT2D eigenvalue weighted by Crippen LogP contribution is 2.38. The number of rotatable bonds is 4. The van der Waals surface area contributed by atoms with Gasteiger partial charge in [-0.25, -0.2) is 0 Å². The average molecular weight is 335 g/mol. The van der Waals surface area contributed by atoms with Crippen LogP contribution < -0.4 is 5.32 Å². The van der Waals surface area contributed by atoms with Gasteiger partial charge in [-0.05, 0) is 41.7 Å². The third-order valence-corrected chi connectivity index (χ3v) is 5.26. The molecule has 2 nitrogen and oxygen atoms in total. The van der Waals surface area contributed by atoms with Gasteiger partial charge in [0.05, 0.1) is 5.92 Å². The molecule has 3 rings (SSSR count). The van der Waals surface area contributed by atoms with Crippen molar-refractivity contribution in [2.75, 3.05) is 0 Å². The summed E-state index contributed by atoms with van der Waals surface area (Å²) >= 11 is 0. The molecular formula is C23H29NO. The molecule has 1 amide bonds. The molecule has 1 aliphatic carbocycles. The zero-order valence-corrected chi connectivity index (χ0v) is 15.5. The molecule has 2 heteroatoms. The van der Waals surface area contributed by atoms with Crippen LogP contribution in [0.1, 0.15) is 57.1 Å². The van der Waals surface area contributed by atoms with Gasteiger partial charge in [-0.1, -0.05) is 81.4 Å². The summed E-state index contributed by atoms with van der Waals surface area (Å²) < 4.78 is 0. The summed E-state index contributed by atoms with van der Waals surface area (Å²) in [6.07, 6.45) is 3.37. The fraction of sp³-hybridized carbons (Fsp3) is 0.435. The van der Waals surface area contributed by atoms with Crippen molar-refractivity contribution >= 4 is 5.91 Å². The van der Waals surface area contributed by atoms with E-state index in [0.29, 0.717) is 11.3 Å². The molecule has 0 aromatic heterocycles. The van der Waals surface area contributed by atoms with Crippen molar-refractivity contribution in [1.29, 1.82) is 0 Å². The zero-order valence-electron chi connectivity index (χ0n) is 15.5. The van der Waals surface area contributed by atoms with Gasteiger partial charge < -0.3 is 5.32 Å². The first kappa shape index (κ1) is 17.7. The van der Waals surface area contributed by atoms with E-state index in [2.05, 4.69) is 26.1 Å². The minimum absolute atomic E-state index is 0.118. The van der Waals surface area contributed by atoms with Crippen molar-refractivity contribution in [1.82, 2.24) is 5.32 Å². The van der Waals surface area contributed by atoms with E-state index in [1.54, 1.807) is 0 Å². The molecule has 0 unspecified atom stereocenters. The van der Waals surface area contributed by atoms with Crippen LogP contribution >= 0.6 is 0 Å². The Morgan fingerprint density at radius 3 is 1.96 bits per heavy atom. The Balaban J connectivity index is 1.83. The first-order valence-electron chi connectivity index (χ1n) is 9.35. The lowest BCUT2D eigenvalue weighted by Gasteiger charge is -2.39. The zero-order chi connectivity index (χ0) is 17.9. The summed E-state index contributed by atoms with van der Waals surface area (Å²) in [5.74, 6) is 0.524. The lowest BCUT2D eigenvalue weighted by molar-refractivity contribution is -0.123. The van der Waals surface area contributed by atoms with E-state index in [1.807, 2.05) is 60.7 Å².